The summed E-state index contributed by atoms with van der Waals surface area (Å²) in [6.45, 7) is 4.95. The van der Waals surface area contributed by atoms with Gasteiger partial charge in [-0.2, -0.15) is 5.10 Å². The molecule has 0 saturated heterocycles. The molecule has 0 fully saturated rings. The highest BCUT2D eigenvalue weighted by molar-refractivity contribution is 5.94. The first-order chi connectivity index (χ1) is 15.7. The summed E-state index contributed by atoms with van der Waals surface area (Å²) < 4.78 is 1.98. The van der Waals surface area contributed by atoms with Crippen molar-refractivity contribution in [2.45, 2.75) is 26.4 Å². The van der Waals surface area contributed by atoms with Crippen LogP contribution in [0.15, 0.2) is 91.4 Å². The minimum atomic E-state index is 0.158. The summed E-state index contributed by atoms with van der Waals surface area (Å²) in [7, 11) is 0. The van der Waals surface area contributed by atoms with Crippen LogP contribution in [0, 0.1) is 6.92 Å². The first kappa shape index (κ1) is 20.1. The van der Waals surface area contributed by atoms with Crippen molar-refractivity contribution in [3.8, 4) is 17.1 Å². The van der Waals surface area contributed by atoms with E-state index in [1.807, 2.05) is 53.6 Å². The Labute approximate surface area is 187 Å². The Hall–Kier alpha value is -3.83. The number of rotatable bonds is 6. The SMILES string of the molecule is Cc1c([C@@H](C)NCc2cnc(-c3cccc4ccccc34)nc2)cnn1-c1ccccc1. The van der Waals surface area contributed by atoms with E-state index in [1.54, 1.807) is 0 Å². The van der Waals surface area contributed by atoms with Gasteiger partial charge in [0, 0.05) is 47.4 Å². The first-order valence-electron chi connectivity index (χ1n) is 10.8. The van der Waals surface area contributed by atoms with Crippen LogP contribution in [0.5, 0.6) is 0 Å². The summed E-state index contributed by atoms with van der Waals surface area (Å²) in [4.78, 5) is 9.29. The lowest BCUT2D eigenvalue weighted by molar-refractivity contribution is 0.570. The maximum atomic E-state index is 4.64. The molecule has 0 aliphatic carbocycles. The second kappa shape index (κ2) is 8.73. The molecule has 32 heavy (non-hydrogen) atoms. The van der Waals surface area contributed by atoms with Gasteiger partial charge < -0.3 is 5.32 Å². The van der Waals surface area contributed by atoms with Crippen molar-refractivity contribution in [1.82, 2.24) is 25.1 Å². The molecule has 0 unspecified atom stereocenters. The lowest BCUT2D eigenvalue weighted by Gasteiger charge is -2.14. The fraction of sp³-hybridized carbons (Fsp3) is 0.148. The van der Waals surface area contributed by atoms with E-state index in [1.165, 1.54) is 16.3 Å². The highest BCUT2D eigenvalue weighted by atomic mass is 15.3. The molecule has 5 nitrogen and oxygen atoms in total. The summed E-state index contributed by atoms with van der Waals surface area (Å²) in [5.74, 6) is 0.749. The number of fused-ring (bicyclic) bond motifs is 1. The summed E-state index contributed by atoms with van der Waals surface area (Å²) in [5.41, 5.74) is 5.50. The topological polar surface area (TPSA) is 55.6 Å². The number of hydrogen-bond acceptors (Lipinski definition) is 4. The van der Waals surface area contributed by atoms with Crippen LogP contribution in [0.1, 0.15) is 29.8 Å². The van der Waals surface area contributed by atoms with Gasteiger partial charge in [0.15, 0.2) is 5.82 Å². The van der Waals surface area contributed by atoms with Gasteiger partial charge in [-0.15, -0.1) is 0 Å². The monoisotopic (exact) mass is 419 g/mol. The molecule has 0 spiro atoms. The predicted molar refractivity (Wildman–Crippen MR) is 129 cm³/mol. The van der Waals surface area contributed by atoms with Crippen molar-refractivity contribution in [3.05, 3.63) is 108 Å². The van der Waals surface area contributed by atoms with Crippen molar-refractivity contribution in [2.75, 3.05) is 0 Å². The van der Waals surface area contributed by atoms with Crippen molar-refractivity contribution in [1.29, 1.82) is 0 Å². The number of nitrogens with zero attached hydrogens (tertiary/aromatic N) is 4. The molecular formula is C27H25N5. The number of benzene rings is 3. The lowest BCUT2D eigenvalue weighted by Crippen LogP contribution is -2.19. The zero-order chi connectivity index (χ0) is 21.9. The summed E-state index contributed by atoms with van der Waals surface area (Å²) in [6, 6.07) is 24.9. The van der Waals surface area contributed by atoms with Crippen LogP contribution in [0.4, 0.5) is 0 Å². The van der Waals surface area contributed by atoms with Crippen LogP contribution in [0.2, 0.25) is 0 Å². The van der Waals surface area contributed by atoms with Crippen LogP contribution in [-0.2, 0) is 6.54 Å². The van der Waals surface area contributed by atoms with Crippen molar-refractivity contribution in [3.63, 3.8) is 0 Å². The van der Waals surface area contributed by atoms with E-state index in [-0.39, 0.29) is 6.04 Å². The van der Waals surface area contributed by atoms with Crippen LogP contribution < -0.4 is 5.32 Å². The maximum Gasteiger partial charge on any atom is 0.159 e. The van der Waals surface area contributed by atoms with Crippen molar-refractivity contribution < 1.29 is 0 Å². The number of nitrogens with one attached hydrogen (secondary N) is 1. The molecule has 5 rings (SSSR count). The Bertz CT molecular complexity index is 1330. The summed E-state index contributed by atoms with van der Waals surface area (Å²) >= 11 is 0. The molecular weight excluding hydrogens is 394 g/mol. The van der Waals surface area contributed by atoms with E-state index in [9.17, 15) is 0 Å². The van der Waals surface area contributed by atoms with Gasteiger partial charge in [0.05, 0.1) is 11.9 Å². The fourth-order valence-corrected chi connectivity index (χ4v) is 4.06. The highest BCUT2D eigenvalue weighted by Gasteiger charge is 2.14. The van der Waals surface area contributed by atoms with E-state index in [4.69, 9.17) is 0 Å². The van der Waals surface area contributed by atoms with Gasteiger partial charge >= 0.3 is 0 Å². The standard InChI is InChI=1S/C27H25N5/c1-19(26-18-31-32(20(26)2)23-11-4-3-5-12-23)28-15-21-16-29-27(30-17-21)25-14-8-10-22-9-6-7-13-24(22)25/h3-14,16-19,28H,15H2,1-2H3/t19-/m1/s1. The van der Waals surface area contributed by atoms with E-state index < -0.39 is 0 Å². The van der Waals surface area contributed by atoms with Gasteiger partial charge in [-0.25, -0.2) is 14.6 Å². The van der Waals surface area contributed by atoms with Crippen molar-refractivity contribution in [2.24, 2.45) is 0 Å². The minimum absolute atomic E-state index is 0.158. The van der Waals surface area contributed by atoms with Crippen molar-refractivity contribution >= 4 is 10.8 Å². The molecule has 158 valence electrons. The largest absolute Gasteiger partial charge is 0.306 e. The molecule has 0 aliphatic heterocycles. The molecule has 2 heterocycles. The Kier molecular flexibility index (Phi) is 5.48. The van der Waals surface area contributed by atoms with Gasteiger partial charge in [0.25, 0.3) is 0 Å². The van der Waals surface area contributed by atoms with E-state index >= 15 is 0 Å². The van der Waals surface area contributed by atoms with Crippen LogP contribution in [0.3, 0.4) is 0 Å². The van der Waals surface area contributed by atoms with Crippen LogP contribution >= 0.6 is 0 Å². The Balaban J connectivity index is 1.29. The summed E-state index contributed by atoms with van der Waals surface area (Å²) in [5, 5.41) is 10.5. The maximum absolute atomic E-state index is 4.64. The van der Waals surface area contributed by atoms with E-state index in [0.717, 1.165) is 28.3 Å². The normalized spacial score (nSPS) is 12.2. The number of hydrogen-bond donors (Lipinski definition) is 1. The molecule has 5 heteroatoms. The van der Waals surface area contributed by atoms with E-state index in [2.05, 4.69) is 76.7 Å². The third kappa shape index (κ3) is 3.90. The van der Waals surface area contributed by atoms with Gasteiger partial charge in [-0.1, -0.05) is 60.7 Å². The molecule has 1 N–H and O–H groups in total. The van der Waals surface area contributed by atoms with Gasteiger partial charge in [0.2, 0.25) is 0 Å². The third-order valence-electron chi connectivity index (χ3n) is 5.86. The molecule has 0 radical (unpaired) electrons. The lowest BCUT2D eigenvalue weighted by atomic mass is 10.0. The Morgan fingerprint density at radius 3 is 2.38 bits per heavy atom. The zero-order valence-corrected chi connectivity index (χ0v) is 18.2. The average molecular weight is 420 g/mol. The second-order valence-corrected chi connectivity index (χ2v) is 7.98. The summed E-state index contributed by atoms with van der Waals surface area (Å²) in [6.07, 6.45) is 5.76. The Morgan fingerprint density at radius 2 is 1.56 bits per heavy atom. The molecule has 1 atom stereocenters. The predicted octanol–water partition coefficient (Wildman–Crippen LogP) is 5.64. The van der Waals surface area contributed by atoms with Crippen LogP contribution in [-0.4, -0.2) is 19.7 Å². The number of aromatic nitrogens is 4. The number of para-hydroxylation sites is 1. The van der Waals surface area contributed by atoms with Gasteiger partial charge in [-0.3, -0.25) is 0 Å². The fourth-order valence-electron chi connectivity index (χ4n) is 4.06. The molecule has 0 aliphatic rings. The minimum Gasteiger partial charge on any atom is -0.306 e. The van der Waals surface area contributed by atoms with Crippen LogP contribution in [0.25, 0.3) is 27.8 Å². The first-order valence-corrected chi connectivity index (χ1v) is 10.8. The third-order valence-corrected chi connectivity index (χ3v) is 5.86. The second-order valence-electron chi connectivity index (χ2n) is 7.98. The molecule has 2 aromatic heterocycles. The van der Waals surface area contributed by atoms with Gasteiger partial charge in [0.1, 0.15) is 0 Å². The molecule has 5 aromatic rings. The quantitative estimate of drug-likeness (QED) is 0.387. The smallest absolute Gasteiger partial charge is 0.159 e. The molecule has 0 bridgehead atoms. The molecule has 0 saturated carbocycles. The van der Waals surface area contributed by atoms with Gasteiger partial charge in [-0.05, 0) is 36.8 Å². The highest BCUT2D eigenvalue weighted by Crippen LogP contribution is 2.26. The molecule has 3 aromatic carbocycles. The van der Waals surface area contributed by atoms with E-state index in [0.29, 0.717) is 6.54 Å². The Morgan fingerprint density at radius 1 is 0.844 bits per heavy atom. The average Bonchev–Trinajstić information content (AvgIpc) is 3.24. The zero-order valence-electron chi connectivity index (χ0n) is 18.2. The molecule has 0 amide bonds.